The molecule has 0 spiro atoms. The third-order valence-corrected chi connectivity index (χ3v) is 8.49. The number of amides is 2. The van der Waals surface area contributed by atoms with E-state index < -0.39 is 28.5 Å². The van der Waals surface area contributed by atoms with Gasteiger partial charge in [0.05, 0.1) is 17.7 Å². The van der Waals surface area contributed by atoms with Crippen LogP contribution in [0.5, 0.6) is 5.75 Å². The Morgan fingerprint density at radius 1 is 1.03 bits per heavy atom. The quantitative estimate of drug-likeness (QED) is 0.312. The van der Waals surface area contributed by atoms with E-state index in [-0.39, 0.29) is 17.3 Å². The van der Waals surface area contributed by atoms with Crippen molar-refractivity contribution in [3.8, 4) is 5.75 Å². The molecule has 208 valence electrons. The Hall–Kier alpha value is -3.37. The number of anilines is 1. The maximum atomic E-state index is 13.9. The smallest absolute Gasteiger partial charge is 0.264 e. The van der Waals surface area contributed by atoms with Gasteiger partial charge in [-0.1, -0.05) is 58.7 Å². The summed E-state index contributed by atoms with van der Waals surface area (Å²) in [6, 6.07) is 19.6. The van der Waals surface area contributed by atoms with Gasteiger partial charge in [-0.25, -0.2) is 8.42 Å². The van der Waals surface area contributed by atoms with Crippen LogP contribution in [0.15, 0.2) is 82.2 Å². The number of ether oxygens (including phenoxy) is 1. The van der Waals surface area contributed by atoms with Crippen LogP contribution in [0.2, 0.25) is 0 Å². The molecule has 0 aliphatic carbocycles. The summed E-state index contributed by atoms with van der Waals surface area (Å²) in [5, 5.41) is 2.83. The zero-order valence-electron chi connectivity index (χ0n) is 22.6. The number of carbonyl (C=O) groups excluding carboxylic acids is 2. The fraction of sp³-hybridized carbons (Fsp3) is 0.310. The highest BCUT2D eigenvalue weighted by atomic mass is 79.9. The van der Waals surface area contributed by atoms with Gasteiger partial charge in [0.25, 0.3) is 10.0 Å². The number of halogens is 1. The second-order valence-electron chi connectivity index (χ2n) is 9.14. The first-order valence-corrected chi connectivity index (χ1v) is 14.8. The van der Waals surface area contributed by atoms with Crippen LogP contribution in [0.25, 0.3) is 0 Å². The summed E-state index contributed by atoms with van der Waals surface area (Å²) in [4.78, 5) is 28.3. The molecule has 2 amide bonds. The molecule has 3 aromatic rings. The number of hydrogen-bond donors (Lipinski definition) is 1. The lowest BCUT2D eigenvalue weighted by Crippen LogP contribution is -2.51. The summed E-state index contributed by atoms with van der Waals surface area (Å²) in [5.74, 6) is -0.162. The van der Waals surface area contributed by atoms with E-state index in [2.05, 4.69) is 21.2 Å². The van der Waals surface area contributed by atoms with Crippen molar-refractivity contribution in [2.45, 2.75) is 44.7 Å². The third kappa shape index (κ3) is 7.83. The lowest BCUT2D eigenvalue weighted by atomic mass is 10.1. The van der Waals surface area contributed by atoms with Crippen LogP contribution in [-0.2, 0) is 26.2 Å². The first kappa shape index (κ1) is 30.2. The number of nitrogens with one attached hydrogen (secondary N) is 1. The molecule has 0 saturated heterocycles. The zero-order chi connectivity index (χ0) is 28.6. The minimum atomic E-state index is -4.11. The highest BCUT2D eigenvalue weighted by Gasteiger charge is 2.32. The lowest BCUT2D eigenvalue weighted by Gasteiger charge is -2.32. The average molecular weight is 617 g/mol. The Morgan fingerprint density at radius 3 is 2.28 bits per heavy atom. The Balaban J connectivity index is 2.01. The van der Waals surface area contributed by atoms with Gasteiger partial charge in [-0.05, 0) is 68.3 Å². The van der Waals surface area contributed by atoms with Gasteiger partial charge >= 0.3 is 0 Å². The van der Waals surface area contributed by atoms with Crippen molar-refractivity contribution in [2.75, 3.05) is 24.5 Å². The lowest BCUT2D eigenvalue weighted by molar-refractivity contribution is -0.139. The summed E-state index contributed by atoms with van der Waals surface area (Å²) < 4.78 is 34.6. The number of sulfonamides is 1. The number of nitrogens with zero attached hydrogens (tertiary/aromatic N) is 2. The molecule has 8 nitrogen and oxygen atoms in total. The molecule has 1 atom stereocenters. The molecule has 0 fully saturated rings. The number of methoxy groups -OCH3 is 1. The number of hydrogen-bond acceptors (Lipinski definition) is 5. The Labute approximate surface area is 239 Å². The summed E-state index contributed by atoms with van der Waals surface area (Å²) in [7, 11) is -2.54. The van der Waals surface area contributed by atoms with Crippen molar-refractivity contribution < 1.29 is 22.7 Å². The highest BCUT2D eigenvalue weighted by Crippen LogP contribution is 2.27. The van der Waals surface area contributed by atoms with Gasteiger partial charge < -0.3 is 15.0 Å². The van der Waals surface area contributed by atoms with Crippen molar-refractivity contribution in [3.05, 3.63) is 88.4 Å². The van der Waals surface area contributed by atoms with Crippen LogP contribution in [0.4, 0.5) is 5.69 Å². The van der Waals surface area contributed by atoms with Crippen molar-refractivity contribution >= 4 is 43.5 Å². The Bertz CT molecular complexity index is 1380. The molecule has 0 bridgehead atoms. The number of aryl methyl sites for hydroxylation is 1. The van der Waals surface area contributed by atoms with Gasteiger partial charge in [-0.3, -0.25) is 13.9 Å². The molecule has 0 aliphatic heterocycles. The molecule has 1 N–H and O–H groups in total. The van der Waals surface area contributed by atoms with E-state index in [0.29, 0.717) is 22.5 Å². The monoisotopic (exact) mass is 615 g/mol. The van der Waals surface area contributed by atoms with E-state index in [4.69, 9.17) is 4.74 Å². The average Bonchev–Trinajstić information content (AvgIpc) is 2.93. The van der Waals surface area contributed by atoms with Gasteiger partial charge in [0.15, 0.2) is 0 Å². The minimum Gasteiger partial charge on any atom is -0.497 e. The third-order valence-electron chi connectivity index (χ3n) is 6.21. The molecule has 0 aliphatic rings. The summed E-state index contributed by atoms with van der Waals surface area (Å²) in [6.07, 6.45) is 0.746. The molecule has 3 rings (SSSR count). The maximum Gasteiger partial charge on any atom is 0.264 e. The summed E-state index contributed by atoms with van der Waals surface area (Å²) >= 11 is 3.40. The fourth-order valence-corrected chi connectivity index (χ4v) is 5.70. The minimum absolute atomic E-state index is 0.0660. The summed E-state index contributed by atoms with van der Waals surface area (Å²) in [5.41, 5.74) is 2.01. The number of rotatable bonds is 12. The van der Waals surface area contributed by atoms with Gasteiger partial charge in [0, 0.05) is 17.6 Å². The molecule has 0 saturated carbocycles. The van der Waals surface area contributed by atoms with Crippen LogP contribution in [0.3, 0.4) is 0 Å². The summed E-state index contributed by atoms with van der Waals surface area (Å²) in [6.45, 7) is 5.55. The molecule has 0 heterocycles. The van der Waals surface area contributed by atoms with Gasteiger partial charge in [0.1, 0.15) is 18.3 Å². The van der Waals surface area contributed by atoms with Crippen LogP contribution in [0.1, 0.15) is 31.4 Å². The van der Waals surface area contributed by atoms with E-state index in [9.17, 15) is 18.0 Å². The Kier molecular flexibility index (Phi) is 10.5. The molecule has 39 heavy (non-hydrogen) atoms. The first-order chi connectivity index (χ1) is 18.6. The predicted molar refractivity (Wildman–Crippen MR) is 156 cm³/mol. The molecule has 10 heteroatoms. The van der Waals surface area contributed by atoms with Gasteiger partial charge in [-0.15, -0.1) is 0 Å². The van der Waals surface area contributed by atoms with Crippen LogP contribution < -0.4 is 14.4 Å². The van der Waals surface area contributed by atoms with Crippen molar-refractivity contribution in [2.24, 2.45) is 0 Å². The second kappa shape index (κ2) is 13.6. The highest BCUT2D eigenvalue weighted by molar-refractivity contribution is 9.10. The topological polar surface area (TPSA) is 96.0 Å². The van der Waals surface area contributed by atoms with E-state index in [1.807, 2.05) is 26.0 Å². The molecule has 0 radical (unpaired) electrons. The molecule has 1 unspecified atom stereocenters. The van der Waals surface area contributed by atoms with Crippen molar-refractivity contribution in [1.82, 2.24) is 10.2 Å². The van der Waals surface area contributed by atoms with E-state index in [0.717, 1.165) is 21.9 Å². The standard InChI is InChI=1S/C29H34BrN3O5S/c1-5-17-31-29(35)22(3)32(19-23-11-13-26(38-4)14-12-23)28(34)20-33(25-8-6-7-24(30)18-25)39(36,37)27-15-9-21(2)10-16-27/h6-16,18,22H,5,17,19-20H2,1-4H3,(H,31,35). The van der Waals surface area contributed by atoms with Gasteiger partial charge in [0.2, 0.25) is 11.8 Å². The molecular weight excluding hydrogens is 582 g/mol. The predicted octanol–water partition coefficient (Wildman–Crippen LogP) is 4.90. The van der Waals surface area contributed by atoms with Crippen LogP contribution >= 0.6 is 15.9 Å². The number of carbonyl (C=O) groups is 2. The zero-order valence-corrected chi connectivity index (χ0v) is 25.0. The maximum absolute atomic E-state index is 13.9. The van der Waals surface area contributed by atoms with E-state index in [1.165, 1.54) is 17.0 Å². The van der Waals surface area contributed by atoms with Gasteiger partial charge in [-0.2, -0.15) is 0 Å². The molecule has 3 aromatic carbocycles. The van der Waals surface area contributed by atoms with E-state index in [1.54, 1.807) is 62.6 Å². The second-order valence-corrected chi connectivity index (χ2v) is 11.9. The SMILES string of the molecule is CCCNC(=O)C(C)N(Cc1ccc(OC)cc1)C(=O)CN(c1cccc(Br)c1)S(=O)(=O)c1ccc(C)cc1. The number of benzene rings is 3. The van der Waals surface area contributed by atoms with Crippen molar-refractivity contribution in [1.29, 1.82) is 0 Å². The first-order valence-electron chi connectivity index (χ1n) is 12.6. The molecular formula is C29H34BrN3O5S. The largest absolute Gasteiger partial charge is 0.497 e. The van der Waals surface area contributed by atoms with Crippen LogP contribution in [-0.4, -0.2) is 51.4 Å². The van der Waals surface area contributed by atoms with Crippen molar-refractivity contribution in [3.63, 3.8) is 0 Å². The fourth-order valence-electron chi connectivity index (χ4n) is 3.90. The Morgan fingerprint density at radius 2 is 1.69 bits per heavy atom. The van der Waals surface area contributed by atoms with Crippen LogP contribution in [0, 0.1) is 6.92 Å². The van der Waals surface area contributed by atoms with E-state index >= 15 is 0 Å². The normalized spacial score (nSPS) is 11.9. The molecule has 0 aromatic heterocycles.